The van der Waals surface area contributed by atoms with E-state index in [1.165, 1.54) is 0 Å². The van der Waals surface area contributed by atoms with Crippen molar-refractivity contribution in [2.24, 2.45) is 5.92 Å². The number of benzene rings is 1. The number of fused-ring (bicyclic) bond motifs is 1. The quantitative estimate of drug-likeness (QED) is 0.760. The summed E-state index contributed by atoms with van der Waals surface area (Å²) in [7, 11) is 0. The monoisotopic (exact) mass is 284 g/mol. The molecule has 0 saturated heterocycles. The lowest BCUT2D eigenvalue weighted by atomic mass is 10.1. The van der Waals surface area contributed by atoms with Gasteiger partial charge in [0.05, 0.1) is 29.1 Å². The highest BCUT2D eigenvalue weighted by Crippen LogP contribution is 2.26. The molecule has 0 bridgehead atoms. The van der Waals surface area contributed by atoms with Gasteiger partial charge < -0.3 is 4.57 Å². The van der Waals surface area contributed by atoms with E-state index in [2.05, 4.69) is 34.7 Å². The van der Waals surface area contributed by atoms with Gasteiger partial charge in [-0.1, -0.05) is 23.9 Å². The molecule has 1 atom stereocenters. The van der Waals surface area contributed by atoms with Crippen molar-refractivity contribution >= 4 is 22.8 Å². The minimum Gasteiger partial charge on any atom is -0.319 e. The Balaban J connectivity index is 2.13. The van der Waals surface area contributed by atoms with Gasteiger partial charge in [0.15, 0.2) is 5.16 Å². The van der Waals surface area contributed by atoms with Crippen LogP contribution in [0.15, 0.2) is 29.4 Å². The number of para-hydroxylation sites is 2. The van der Waals surface area contributed by atoms with Gasteiger partial charge in [0.2, 0.25) is 0 Å². The molecule has 0 amide bonds. The molecule has 0 aliphatic carbocycles. The largest absolute Gasteiger partial charge is 0.319 e. The Bertz CT molecular complexity index is 663. The minimum absolute atomic E-state index is 0.0928. The van der Waals surface area contributed by atoms with Crippen molar-refractivity contribution in [1.82, 2.24) is 9.55 Å². The van der Waals surface area contributed by atoms with E-state index in [-0.39, 0.29) is 5.92 Å². The van der Waals surface area contributed by atoms with E-state index >= 15 is 0 Å². The smallest absolute Gasteiger partial charge is 0.169 e. The van der Waals surface area contributed by atoms with Crippen molar-refractivity contribution in [2.75, 3.05) is 5.75 Å². The van der Waals surface area contributed by atoms with Crippen LogP contribution in [0.4, 0.5) is 0 Å². The zero-order valence-electron chi connectivity index (χ0n) is 11.4. The van der Waals surface area contributed by atoms with Crippen LogP contribution < -0.4 is 0 Å². The SMILES string of the molecule is CCn1c(SCC(C#N)CCC#N)nc2ccccc21. The topological polar surface area (TPSA) is 65.4 Å². The number of thioether (sulfide) groups is 1. The average Bonchev–Trinajstić information content (AvgIpc) is 2.85. The molecule has 1 unspecified atom stereocenters. The number of hydrogen-bond donors (Lipinski definition) is 0. The van der Waals surface area contributed by atoms with Crippen LogP contribution >= 0.6 is 11.8 Å². The molecule has 1 aromatic carbocycles. The highest BCUT2D eigenvalue weighted by Gasteiger charge is 2.13. The summed E-state index contributed by atoms with van der Waals surface area (Å²) in [6.45, 7) is 2.95. The molecule has 2 aromatic rings. The summed E-state index contributed by atoms with van der Waals surface area (Å²) in [4.78, 5) is 4.62. The van der Waals surface area contributed by atoms with Crippen LogP contribution in [-0.4, -0.2) is 15.3 Å². The molecule has 0 radical (unpaired) electrons. The molecule has 0 saturated carbocycles. The molecule has 0 aliphatic rings. The highest BCUT2D eigenvalue weighted by atomic mass is 32.2. The summed E-state index contributed by atoms with van der Waals surface area (Å²) < 4.78 is 2.17. The fourth-order valence-electron chi connectivity index (χ4n) is 2.07. The van der Waals surface area contributed by atoms with Crippen molar-refractivity contribution in [3.05, 3.63) is 24.3 Å². The molecular weight excluding hydrogens is 268 g/mol. The Morgan fingerprint density at radius 1 is 1.35 bits per heavy atom. The van der Waals surface area contributed by atoms with Gasteiger partial charge in [-0.3, -0.25) is 0 Å². The maximum atomic E-state index is 9.10. The molecule has 0 fully saturated rings. The van der Waals surface area contributed by atoms with E-state index < -0.39 is 0 Å². The predicted octanol–water partition coefficient (Wildman–Crippen LogP) is 3.59. The summed E-state index contributed by atoms with van der Waals surface area (Å²) in [6.07, 6.45) is 1.06. The van der Waals surface area contributed by atoms with E-state index in [9.17, 15) is 0 Å². The molecule has 20 heavy (non-hydrogen) atoms. The Morgan fingerprint density at radius 2 is 2.15 bits per heavy atom. The van der Waals surface area contributed by atoms with E-state index in [0.29, 0.717) is 18.6 Å². The number of nitrogens with zero attached hydrogens (tertiary/aromatic N) is 4. The lowest BCUT2D eigenvalue weighted by molar-refractivity contribution is 0.675. The summed E-state index contributed by atoms with van der Waals surface area (Å²) in [5, 5.41) is 18.6. The molecule has 102 valence electrons. The van der Waals surface area contributed by atoms with Crippen LogP contribution in [0, 0.1) is 28.6 Å². The Labute approximate surface area is 123 Å². The van der Waals surface area contributed by atoms with E-state index in [4.69, 9.17) is 10.5 Å². The van der Waals surface area contributed by atoms with Gasteiger partial charge in [-0.15, -0.1) is 0 Å². The fraction of sp³-hybridized carbons (Fsp3) is 0.400. The number of nitriles is 2. The third-order valence-electron chi connectivity index (χ3n) is 3.14. The van der Waals surface area contributed by atoms with E-state index in [0.717, 1.165) is 22.7 Å². The van der Waals surface area contributed by atoms with Crippen molar-refractivity contribution in [3.8, 4) is 12.1 Å². The van der Waals surface area contributed by atoms with Gasteiger partial charge in [-0.25, -0.2) is 4.98 Å². The van der Waals surface area contributed by atoms with E-state index in [1.54, 1.807) is 11.8 Å². The molecule has 2 rings (SSSR count). The number of aryl methyl sites for hydroxylation is 1. The lowest BCUT2D eigenvalue weighted by Crippen LogP contribution is -2.03. The Kier molecular flexibility index (Phi) is 5.03. The van der Waals surface area contributed by atoms with Crippen LogP contribution in [0.5, 0.6) is 0 Å². The zero-order valence-corrected chi connectivity index (χ0v) is 12.2. The van der Waals surface area contributed by atoms with Gasteiger partial charge in [0.25, 0.3) is 0 Å². The molecule has 1 aromatic heterocycles. The zero-order chi connectivity index (χ0) is 14.4. The minimum atomic E-state index is -0.0928. The maximum absolute atomic E-state index is 9.10. The van der Waals surface area contributed by atoms with Crippen LogP contribution in [0.1, 0.15) is 19.8 Å². The predicted molar refractivity (Wildman–Crippen MR) is 80.1 cm³/mol. The van der Waals surface area contributed by atoms with Crippen LogP contribution in [0.2, 0.25) is 0 Å². The highest BCUT2D eigenvalue weighted by molar-refractivity contribution is 7.99. The van der Waals surface area contributed by atoms with Gasteiger partial charge in [-0.2, -0.15) is 10.5 Å². The second-order valence-corrected chi connectivity index (χ2v) is 5.45. The third kappa shape index (κ3) is 3.12. The summed E-state index contributed by atoms with van der Waals surface area (Å²) in [6, 6.07) is 12.4. The average molecular weight is 284 g/mol. The molecule has 0 aliphatic heterocycles. The molecular formula is C15H16N4S. The number of rotatable bonds is 6. The Hall–Kier alpha value is -1.98. The van der Waals surface area contributed by atoms with Crippen molar-refractivity contribution in [2.45, 2.75) is 31.5 Å². The second kappa shape index (κ2) is 6.98. The number of imidazole rings is 1. The first-order chi connectivity index (χ1) is 9.80. The van der Waals surface area contributed by atoms with Crippen molar-refractivity contribution < 1.29 is 0 Å². The van der Waals surface area contributed by atoms with Crippen molar-refractivity contribution in [3.63, 3.8) is 0 Å². The molecule has 4 nitrogen and oxygen atoms in total. The Morgan fingerprint density at radius 3 is 2.85 bits per heavy atom. The summed E-state index contributed by atoms with van der Waals surface area (Å²) in [5.74, 6) is 0.589. The second-order valence-electron chi connectivity index (χ2n) is 4.46. The van der Waals surface area contributed by atoms with Crippen LogP contribution in [0.3, 0.4) is 0 Å². The van der Waals surface area contributed by atoms with Gasteiger partial charge in [-0.05, 0) is 25.5 Å². The molecule has 0 N–H and O–H groups in total. The lowest BCUT2D eigenvalue weighted by Gasteiger charge is -2.08. The van der Waals surface area contributed by atoms with Gasteiger partial charge >= 0.3 is 0 Å². The normalized spacial score (nSPS) is 11.9. The van der Waals surface area contributed by atoms with Gasteiger partial charge in [0.1, 0.15) is 0 Å². The maximum Gasteiger partial charge on any atom is 0.169 e. The first kappa shape index (κ1) is 14.4. The third-order valence-corrected chi connectivity index (χ3v) is 4.28. The first-order valence-electron chi connectivity index (χ1n) is 6.64. The number of aromatic nitrogens is 2. The number of hydrogen-bond acceptors (Lipinski definition) is 4. The first-order valence-corrected chi connectivity index (χ1v) is 7.63. The van der Waals surface area contributed by atoms with Crippen molar-refractivity contribution in [1.29, 1.82) is 10.5 Å². The summed E-state index contributed by atoms with van der Waals surface area (Å²) in [5.41, 5.74) is 2.12. The fourth-order valence-corrected chi connectivity index (χ4v) is 3.21. The molecule has 0 spiro atoms. The van der Waals surface area contributed by atoms with Gasteiger partial charge in [0, 0.05) is 18.7 Å². The van der Waals surface area contributed by atoms with Crippen LogP contribution in [-0.2, 0) is 6.54 Å². The standard InChI is InChI=1S/C15H16N4S/c1-2-19-14-8-4-3-7-13(14)18-15(19)20-11-12(10-17)6-5-9-16/h3-4,7-8,12H,2,5-6,11H2,1H3. The van der Waals surface area contributed by atoms with E-state index in [1.807, 2.05) is 18.2 Å². The molecule has 5 heteroatoms. The summed E-state index contributed by atoms with van der Waals surface area (Å²) >= 11 is 1.60. The van der Waals surface area contributed by atoms with Crippen LogP contribution in [0.25, 0.3) is 11.0 Å². The molecule has 1 heterocycles.